The lowest BCUT2D eigenvalue weighted by Gasteiger charge is -2.61. The highest BCUT2D eigenvalue weighted by Gasteiger charge is 2.60. The molecular weight excluding hydrogens is 260 g/mol. The zero-order valence-electron chi connectivity index (χ0n) is 13.6. The highest BCUT2D eigenvalue weighted by atomic mass is 16.3. The lowest BCUT2D eigenvalue weighted by molar-refractivity contribution is -0.168. The third-order valence-electron chi connectivity index (χ3n) is 8.36. The number of carbonyl (C=O) groups is 1. The summed E-state index contributed by atoms with van der Waals surface area (Å²) in [6, 6.07) is 0. The number of hydrogen-bond acceptors (Lipinski definition) is 2. The molecule has 118 valence electrons. The van der Waals surface area contributed by atoms with Gasteiger partial charge in [0.1, 0.15) is 5.78 Å². The third-order valence-corrected chi connectivity index (χ3v) is 8.36. The van der Waals surface area contributed by atoms with Gasteiger partial charge in [-0.05, 0) is 67.6 Å². The van der Waals surface area contributed by atoms with Crippen molar-refractivity contribution in [2.75, 3.05) is 0 Å². The minimum atomic E-state index is -0.387. The average Bonchev–Trinajstić information content (AvgIpc) is 2.82. The van der Waals surface area contributed by atoms with E-state index in [1.807, 2.05) is 0 Å². The number of hydrogen-bond donors (Lipinski definition) is 1. The van der Waals surface area contributed by atoms with Crippen molar-refractivity contribution in [1.29, 1.82) is 0 Å². The van der Waals surface area contributed by atoms with Crippen molar-refractivity contribution in [3.05, 3.63) is 0 Å². The summed E-state index contributed by atoms with van der Waals surface area (Å²) < 4.78 is 0. The lowest BCUT2D eigenvalue weighted by Crippen LogP contribution is -2.58. The van der Waals surface area contributed by atoms with Crippen molar-refractivity contribution in [2.45, 2.75) is 77.7 Å². The standard InChI is InChI=1S/C19H30O2/c1-18-8-3-4-15(18)14-6-5-12-10-13(20)11-17(21)19(12,2)16(14)7-9-18/h12,14-17,21H,3-11H2,1-2H3/t12?,14-,15-,16+,17?,18-,19-/m0/s1. The summed E-state index contributed by atoms with van der Waals surface area (Å²) >= 11 is 0. The molecule has 7 atom stereocenters. The fourth-order valence-electron chi connectivity index (χ4n) is 7.10. The molecule has 4 aliphatic rings. The van der Waals surface area contributed by atoms with Gasteiger partial charge in [-0.2, -0.15) is 0 Å². The monoisotopic (exact) mass is 290 g/mol. The van der Waals surface area contributed by atoms with E-state index in [0.717, 1.165) is 18.3 Å². The van der Waals surface area contributed by atoms with Gasteiger partial charge in [-0.15, -0.1) is 0 Å². The largest absolute Gasteiger partial charge is 0.392 e. The van der Waals surface area contributed by atoms with E-state index >= 15 is 0 Å². The van der Waals surface area contributed by atoms with E-state index in [9.17, 15) is 9.90 Å². The summed E-state index contributed by atoms with van der Waals surface area (Å²) in [5, 5.41) is 10.8. The predicted molar refractivity (Wildman–Crippen MR) is 82.7 cm³/mol. The molecule has 0 spiro atoms. The van der Waals surface area contributed by atoms with Crippen LogP contribution in [0, 0.1) is 34.5 Å². The van der Waals surface area contributed by atoms with Crippen LogP contribution in [0.15, 0.2) is 0 Å². The molecule has 4 fully saturated rings. The molecule has 0 aromatic heterocycles. The number of carbonyl (C=O) groups excluding carboxylic acids is 1. The molecular formula is C19H30O2. The minimum absolute atomic E-state index is 0.0146. The first-order chi connectivity index (χ1) is 9.95. The number of rotatable bonds is 0. The molecule has 0 radical (unpaired) electrons. The first-order valence-electron chi connectivity index (χ1n) is 9.15. The van der Waals surface area contributed by atoms with Crippen molar-refractivity contribution in [3.63, 3.8) is 0 Å². The van der Waals surface area contributed by atoms with Crippen LogP contribution in [0.25, 0.3) is 0 Å². The highest BCUT2D eigenvalue weighted by molar-refractivity contribution is 5.80. The number of aliphatic hydroxyl groups is 1. The predicted octanol–water partition coefficient (Wildman–Crippen LogP) is 3.96. The van der Waals surface area contributed by atoms with Crippen LogP contribution >= 0.6 is 0 Å². The van der Waals surface area contributed by atoms with Gasteiger partial charge in [-0.3, -0.25) is 4.79 Å². The second-order valence-corrected chi connectivity index (χ2v) is 9.06. The number of fused-ring (bicyclic) bond motifs is 5. The van der Waals surface area contributed by atoms with Crippen LogP contribution in [0.1, 0.15) is 71.6 Å². The van der Waals surface area contributed by atoms with Crippen molar-refractivity contribution >= 4 is 5.78 Å². The Morgan fingerprint density at radius 3 is 2.62 bits per heavy atom. The molecule has 4 saturated carbocycles. The van der Waals surface area contributed by atoms with E-state index < -0.39 is 0 Å². The van der Waals surface area contributed by atoms with Crippen molar-refractivity contribution in [2.24, 2.45) is 34.5 Å². The molecule has 0 aromatic carbocycles. The van der Waals surface area contributed by atoms with Gasteiger partial charge >= 0.3 is 0 Å². The first kappa shape index (κ1) is 14.2. The van der Waals surface area contributed by atoms with Gasteiger partial charge in [-0.1, -0.05) is 20.3 Å². The zero-order valence-corrected chi connectivity index (χ0v) is 13.6. The molecule has 0 saturated heterocycles. The van der Waals surface area contributed by atoms with Crippen LogP contribution in [-0.4, -0.2) is 17.0 Å². The molecule has 4 aliphatic carbocycles. The number of aliphatic hydroxyl groups excluding tert-OH is 1. The Kier molecular flexibility index (Phi) is 3.10. The normalized spacial score (nSPS) is 56.5. The molecule has 4 rings (SSSR count). The van der Waals surface area contributed by atoms with Crippen molar-refractivity contribution in [1.82, 2.24) is 0 Å². The van der Waals surface area contributed by atoms with Gasteiger partial charge in [-0.25, -0.2) is 0 Å². The molecule has 0 aliphatic heterocycles. The van der Waals surface area contributed by atoms with Gasteiger partial charge in [0.25, 0.3) is 0 Å². The third kappa shape index (κ3) is 1.84. The maximum absolute atomic E-state index is 11.9. The molecule has 1 N–H and O–H groups in total. The minimum Gasteiger partial charge on any atom is -0.392 e. The summed E-state index contributed by atoms with van der Waals surface area (Å²) in [6.07, 6.45) is 10.1. The van der Waals surface area contributed by atoms with Crippen LogP contribution in [0.4, 0.5) is 0 Å². The van der Waals surface area contributed by atoms with Crippen molar-refractivity contribution < 1.29 is 9.90 Å². The van der Waals surface area contributed by atoms with Crippen LogP contribution in [0.2, 0.25) is 0 Å². The zero-order chi connectivity index (χ0) is 14.8. The maximum atomic E-state index is 11.9. The summed E-state index contributed by atoms with van der Waals surface area (Å²) in [4.78, 5) is 11.9. The van der Waals surface area contributed by atoms with E-state index in [0.29, 0.717) is 29.5 Å². The van der Waals surface area contributed by atoms with Crippen LogP contribution in [0.5, 0.6) is 0 Å². The summed E-state index contributed by atoms with van der Waals surface area (Å²) in [6.45, 7) is 4.85. The summed E-state index contributed by atoms with van der Waals surface area (Å²) in [7, 11) is 0. The molecule has 2 heteroatoms. The second-order valence-electron chi connectivity index (χ2n) is 9.06. The van der Waals surface area contributed by atoms with Gasteiger partial charge in [0.15, 0.2) is 0 Å². The fourth-order valence-corrected chi connectivity index (χ4v) is 7.10. The van der Waals surface area contributed by atoms with Gasteiger partial charge in [0.2, 0.25) is 0 Å². The molecule has 2 nitrogen and oxygen atoms in total. The Bertz CT molecular complexity index is 458. The van der Waals surface area contributed by atoms with Gasteiger partial charge in [0, 0.05) is 18.3 Å². The smallest absolute Gasteiger partial charge is 0.135 e. The van der Waals surface area contributed by atoms with E-state index in [-0.39, 0.29) is 11.5 Å². The van der Waals surface area contributed by atoms with Crippen LogP contribution in [-0.2, 0) is 4.79 Å². The Morgan fingerprint density at radius 2 is 1.81 bits per heavy atom. The van der Waals surface area contributed by atoms with Gasteiger partial charge < -0.3 is 5.11 Å². The van der Waals surface area contributed by atoms with E-state index in [1.54, 1.807) is 0 Å². The summed E-state index contributed by atoms with van der Waals surface area (Å²) in [5.74, 6) is 3.11. The van der Waals surface area contributed by atoms with E-state index in [2.05, 4.69) is 13.8 Å². The Morgan fingerprint density at radius 1 is 1.00 bits per heavy atom. The number of Topliss-reactive ketones (excluding diaryl/α,β-unsaturated/α-hetero) is 1. The molecule has 0 amide bonds. The van der Waals surface area contributed by atoms with Gasteiger partial charge in [0.05, 0.1) is 6.10 Å². The molecule has 21 heavy (non-hydrogen) atoms. The van der Waals surface area contributed by atoms with E-state index in [4.69, 9.17) is 0 Å². The SMILES string of the molecule is C[C@@]12CCC[C@H]1[C@@H]1CCC3CC(=O)CC(O)[C@]3(C)[C@@H]1CC2. The Labute approximate surface area is 128 Å². The maximum Gasteiger partial charge on any atom is 0.135 e. The number of ketones is 1. The second kappa shape index (κ2) is 4.57. The topological polar surface area (TPSA) is 37.3 Å². The highest BCUT2D eigenvalue weighted by Crippen LogP contribution is 2.65. The lowest BCUT2D eigenvalue weighted by atomic mass is 9.44. The van der Waals surface area contributed by atoms with Crippen LogP contribution < -0.4 is 0 Å². The van der Waals surface area contributed by atoms with E-state index in [1.165, 1.54) is 44.9 Å². The average molecular weight is 290 g/mol. The quantitative estimate of drug-likeness (QED) is 0.733. The Balaban J connectivity index is 1.67. The Hall–Kier alpha value is -0.370. The molecule has 0 bridgehead atoms. The van der Waals surface area contributed by atoms with Crippen LogP contribution in [0.3, 0.4) is 0 Å². The fraction of sp³-hybridized carbons (Fsp3) is 0.947. The molecule has 0 heterocycles. The molecule has 2 unspecified atom stereocenters. The summed E-state index contributed by atoms with van der Waals surface area (Å²) in [5.41, 5.74) is 0.598. The molecule has 0 aromatic rings. The first-order valence-corrected chi connectivity index (χ1v) is 9.15. The van der Waals surface area contributed by atoms with Crippen molar-refractivity contribution in [3.8, 4) is 0 Å².